The van der Waals surface area contributed by atoms with Crippen LogP contribution in [0.4, 0.5) is 0 Å². The van der Waals surface area contributed by atoms with E-state index < -0.39 is 14.9 Å². The fourth-order valence-corrected chi connectivity index (χ4v) is 17.2. The molecular weight excluding hydrogens is 999 g/mol. The minimum atomic E-state index is -3.20. The van der Waals surface area contributed by atoms with Crippen LogP contribution in [0, 0.1) is 5.92 Å². The van der Waals surface area contributed by atoms with E-state index in [4.69, 9.17) is 0 Å². The minimum Gasteiger partial charge on any atom is -0.309 e. The van der Waals surface area contributed by atoms with Crippen molar-refractivity contribution in [1.29, 1.82) is 0 Å². The summed E-state index contributed by atoms with van der Waals surface area (Å²) in [5.41, 5.74) is 13.6. The number of nitrogens with zero attached hydrogens (tertiary/aromatic N) is 2. The van der Waals surface area contributed by atoms with Gasteiger partial charge in [-0.3, -0.25) is 0 Å². The molecule has 0 spiro atoms. The number of fused-ring (bicyclic) bond motifs is 6. The number of hydrogen-bond donors (Lipinski definition) is 0. The van der Waals surface area contributed by atoms with Gasteiger partial charge in [-0.2, -0.15) is 0 Å². The van der Waals surface area contributed by atoms with E-state index in [0.29, 0.717) is 0 Å². The smallest absolute Gasteiger partial charge is 0.309 e. The van der Waals surface area contributed by atoms with Crippen LogP contribution >= 0.6 is 14.9 Å². The highest BCUT2D eigenvalue weighted by molar-refractivity contribution is 7.85. The van der Waals surface area contributed by atoms with Crippen molar-refractivity contribution >= 4 is 74.5 Å². The van der Waals surface area contributed by atoms with Gasteiger partial charge in [0.05, 0.1) is 28.0 Å². The van der Waals surface area contributed by atoms with Gasteiger partial charge in [0.1, 0.15) is 0 Å². The molecule has 0 fully saturated rings. The van der Waals surface area contributed by atoms with Gasteiger partial charge in [0.2, 0.25) is 0 Å². The molecule has 13 rings (SSSR count). The number of rotatable bonds is 13. The van der Waals surface area contributed by atoms with Gasteiger partial charge in [0.15, 0.2) is 17.8 Å². The van der Waals surface area contributed by atoms with E-state index >= 15 is 4.57 Å². The summed E-state index contributed by atoms with van der Waals surface area (Å²) in [6.07, 6.45) is 7.53. The zero-order valence-electron chi connectivity index (χ0n) is 44.8. The molecule has 1 aliphatic carbocycles. The zero-order valence-corrected chi connectivity index (χ0v) is 46.6. The molecule has 0 N–H and O–H groups in total. The van der Waals surface area contributed by atoms with Crippen LogP contribution < -0.4 is 15.9 Å². The fraction of sp³-hybridized carbons (Fsp3) is 0.123. The first-order valence-electron chi connectivity index (χ1n) is 27.8. The first-order valence-corrected chi connectivity index (χ1v) is 30.7. The number of para-hydroxylation sites is 2. The van der Waals surface area contributed by atoms with Crippen molar-refractivity contribution in [2.24, 2.45) is 5.92 Å². The molecular formula is C73H61N2O2P2+. The van der Waals surface area contributed by atoms with Crippen LogP contribution in [-0.4, -0.2) is 9.13 Å². The average molecular weight is 1060 g/mol. The highest BCUT2D eigenvalue weighted by Gasteiger charge is 2.41. The molecule has 384 valence electrons. The molecule has 6 heteroatoms. The first-order chi connectivity index (χ1) is 38.8. The Bertz CT molecular complexity index is 4320. The lowest BCUT2D eigenvalue weighted by molar-refractivity contribution is 0.555. The molecule has 0 amide bonds. The molecule has 4 atom stereocenters. The number of hydrogen-bond acceptors (Lipinski definition) is 2. The summed E-state index contributed by atoms with van der Waals surface area (Å²) in [5, 5.41) is 9.25. The molecule has 3 unspecified atom stereocenters. The van der Waals surface area contributed by atoms with Gasteiger partial charge in [-0.05, 0) is 156 Å². The molecule has 1 aliphatic rings. The van der Waals surface area contributed by atoms with Crippen LogP contribution in [0.1, 0.15) is 63.0 Å². The second-order valence-electron chi connectivity index (χ2n) is 21.3. The summed E-state index contributed by atoms with van der Waals surface area (Å²) in [4.78, 5) is 0. The molecule has 0 bridgehead atoms. The molecule has 4 nitrogen and oxygen atoms in total. The molecule has 2 heterocycles. The van der Waals surface area contributed by atoms with Crippen LogP contribution in [0.3, 0.4) is 0 Å². The lowest BCUT2D eigenvalue weighted by atomic mass is 9.87. The molecule has 0 saturated carbocycles. The summed E-state index contributed by atoms with van der Waals surface area (Å²) in [7, 11) is -4.92. The van der Waals surface area contributed by atoms with Crippen molar-refractivity contribution in [3.63, 3.8) is 0 Å². The van der Waals surface area contributed by atoms with E-state index in [-0.39, 0.29) is 17.8 Å². The van der Waals surface area contributed by atoms with E-state index in [0.717, 1.165) is 112 Å². The van der Waals surface area contributed by atoms with Crippen LogP contribution in [0.2, 0.25) is 0 Å². The van der Waals surface area contributed by atoms with E-state index in [1.54, 1.807) is 0 Å². The van der Waals surface area contributed by atoms with Crippen molar-refractivity contribution in [3.8, 4) is 33.6 Å². The Balaban J connectivity index is 0.916. The quantitative estimate of drug-likeness (QED) is 0.108. The first kappa shape index (κ1) is 50.1. The Kier molecular flexibility index (Phi) is 13.4. The molecule has 12 aromatic rings. The van der Waals surface area contributed by atoms with Crippen molar-refractivity contribution in [3.05, 3.63) is 283 Å². The molecule has 0 aliphatic heterocycles. The summed E-state index contributed by atoms with van der Waals surface area (Å²) >= 11 is 0. The Morgan fingerprint density at radius 3 is 1.42 bits per heavy atom. The van der Waals surface area contributed by atoms with Crippen molar-refractivity contribution in [2.75, 3.05) is 0 Å². The third kappa shape index (κ3) is 8.94. The lowest BCUT2D eigenvalue weighted by Crippen LogP contribution is -2.25. The van der Waals surface area contributed by atoms with Gasteiger partial charge in [0.25, 0.3) is 0 Å². The average Bonchev–Trinajstić information content (AvgIpc) is 4.16. The van der Waals surface area contributed by atoms with Gasteiger partial charge in [0, 0.05) is 54.8 Å². The predicted octanol–water partition coefficient (Wildman–Crippen LogP) is 19.2. The SMILES string of the molecule is C/C=C(\[C@H](C)C(C)c1ccc2c(c1)c1cc(-c3ccc4c(c3)c3cc(-c5cccc(P(=O)(c6ccccc6)c6ccccc6)c5)ccc3n4-c3ccccc3)ccc1n2-c1ccccc1)[P+](=O)C1=CCCCC1c1ccccc1. The maximum atomic E-state index is 15.6. The summed E-state index contributed by atoms with van der Waals surface area (Å²) in [6, 6.07) is 87.8. The van der Waals surface area contributed by atoms with Gasteiger partial charge in [-0.15, -0.1) is 0 Å². The third-order valence-electron chi connectivity index (χ3n) is 16.8. The van der Waals surface area contributed by atoms with E-state index in [1.807, 2.05) is 72.8 Å². The van der Waals surface area contributed by atoms with Gasteiger partial charge >= 0.3 is 7.80 Å². The Morgan fingerprint density at radius 2 is 0.924 bits per heavy atom. The third-order valence-corrected chi connectivity index (χ3v) is 22.0. The Hall–Kier alpha value is -8.39. The van der Waals surface area contributed by atoms with Crippen molar-refractivity contribution in [2.45, 2.75) is 51.9 Å². The van der Waals surface area contributed by atoms with Crippen LogP contribution in [0.15, 0.2) is 272 Å². The van der Waals surface area contributed by atoms with Crippen molar-refractivity contribution < 1.29 is 9.13 Å². The normalized spacial score (nSPS) is 15.1. The maximum Gasteiger partial charge on any atom is 0.406 e. The number of aromatic nitrogens is 2. The van der Waals surface area contributed by atoms with Crippen LogP contribution in [0.5, 0.6) is 0 Å². The topological polar surface area (TPSA) is 44.0 Å². The standard InChI is InChI=1S/C73H61N2O2P2/c1-4-72(78(76)73-36-21-20-35-63(73)52-23-10-5-11-24-52)51(3)50(2)53-37-41-68-64(46-53)65-48-56(39-43-69(65)74(68)58-26-12-6-13-27-58)57-40-44-71-67(49-57)66-47-55(38-42-70(66)75(71)59-28-14-7-15-29-59)54-25-22-34-62(45-54)79(77,60-30-16-8-17-31-60)61-32-18-9-19-33-61/h4-19,22-34,36-51,63H,20-21,35H2,1-3H3/q+1/b72-4+/t50?,51-,63?/m1/s1. The van der Waals surface area contributed by atoms with E-state index in [9.17, 15) is 4.57 Å². The number of benzene rings is 10. The Morgan fingerprint density at radius 1 is 0.494 bits per heavy atom. The molecule has 10 aromatic carbocycles. The van der Waals surface area contributed by atoms with Gasteiger partial charge in [-0.25, -0.2) is 0 Å². The second kappa shape index (κ2) is 21.1. The second-order valence-corrected chi connectivity index (χ2v) is 25.6. The molecule has 0 radical (unpaired) electrons. The zero-order chi connectivity index (χ0) is 53.6. The maximum absolute atomic E-state index is 15.6. The summed E-state index contributed by atoms with van der Waals surface area (Å²) < 4.78 is 35.2. The van der Waals surface area contributed by atoms with Crippen LogP contribution in [0.25, 0.3) is 77.2 Å². The van der Waals surface area contributed by atoms with Crippen molar-refractivity contribution in [1.82, 2.24) is 9.13 Å². The van der Waals surface area contributed by atoms with E-state index in [2.05, 4.69) is 218 Å². The molecule has 0 saturated heterocycles. The Labute approximate surface area is 464 Å². The molecule has 79 heavy (non-hydrogen) atoms. The monoisotopic (exact) mass is 1060 g/mol. The largest absolute Gasteiger partial charge is 0.406 e. The van der Waals surface area contributed by atoms with Crippen LogP contribution in [-0.2, 0) is 9.13 Å². The highest BCUT2D eigenvalue weighted by Crippen LogP contribution is 2.56. The van der Waals surface area contributed by atoms with Gasteiger partial charge in [-0.1, -0.05) is 188 Å². The highest BCUT2D eigenvalue weighted by atomic mass is 31.2. The minimum absolute atomic E-state index is 0.0582. The molecule has 2 aromatic heterocycles. The number of allylic oxidation sites excluding steroid dienone is 4. The summed E-state index contributed by atoms with van der Waals surface area (Å²) in [6.45, 7) is 6.64. The van der Waals surface area contributed by atoms with E-state index in [1.165, 1.54) is 21.9 Å². The van der Waals surface area contributed by atoms with Gasteiger partial charge < -0.3 is 13.7 Å². The predicted molar refractivity (Wildman–Crippen MR) is 335 cm³/mol. The fourth-order valence-electron chi connectivity index (χ4n) is 12.6. The lowest BCUT2D eigenvalue weighted by Gasteiger charge is -2.22. The summed E-state index contributed by atoms with van der Waals surface area (Å²) in [5.74, 6) is 0.354.